The number of imide groups is 1. The molecule has 11 nitrogen and oxygen atoms in total. The van der Waals surface area contributed by atoms with Gasteiger partial charge in [0.15, 0.2) is 0 Å². The first-order valence-electron chi connectivity index (χ1n) is 14.6. The third kappa shape index (κ3) is 6.69. The van der Waals surface area contributed by atoms with Crippen LogP contribution in [0.2, 0.25) is 0 Å². The second-order valence-electron chi connectivity index (χ2n) is 12.0. The molecule has 0 aliphatic carbocycles. The summed E-state index contributed by atoms with van der Waals surface area (Å²) in [5.41, 5.74) is -3.14. The van der Waals surface area contributed by atoms with E-state index in [4.69, 9.17) is 0 Å². The van der Waals surface area contributed by atoms with Crippen LogP contribution in [-0.4, -0.2) is 101 Å². The van der Waals surface area contributed by atoms with E-state index in [2.05, 4.69) is 5.32 Å². The Bertz CT molecular complexity index is 1520. The quantitative estimate of drug-likeness (QED) is 0.313. The van der Waals surface area contributed by atoms with Gasteiger partial charge in [-0.05, 0) is 75.3 Å². The summed E-state index contributed by atoms with van der Waals surface area (Å²) in [6.45, 7) is 3.70. The fourth-order valence-corrected chi connectivity index (χ4v) is 5.68. The van der Waals surface area contributed by atoms with Gasteiger partial charge in [-0.1, -0.05) is 13.8 Å². The molecular weight excluding hydrogens is 614 g/mol. The predicted octanol–water partition coefficient (Wildman–Crippen LogP) is 3.69. The molecule has 2 aliphatic heterocycles. The van der Waals surface area contributed by atoms with Gasteiger partial charge in [0.1, 0.15) is 17.4 Å². The number of likely N-dealkylation sites (N-methyl/N-ethyl adjacent to an activating group) is 1. The highest BCUT2D eigenvalue weighted by Crippen LogP contribution is 2.41. The molecule has 2 aromatic rings. The van der Waals surface area contributed by atoms with Crippen molar-refractivity contribution in [3.63, 3.8) is 0 Å². The second kappa shape index (κ2) is 13.1. The van der Waals surface area contributed by atoms with Crippen molar-refractivity contribution < 1.29 is 46.6 Å². The number of amides is 5. The van der Waals surface area contributed by atoms with Gasteiger partial charge in [0.25, 0.3) is 11.8 Å². The van der Waals surface area contributed by atoms with Gasteiger partial charge < -0.3 is 20.2 Å². The van der Waals surface area contributed by atoms with Crippen molar-refractivity contribution in [2.24, 2.45) is 5.92 Å². The first-order valence-corrected chi connectivity index (χ1v) is 14.6. The third-order valence-electron chi connectivity index (χ3n) is 8.30. The molecule has 2 aliphatic rings. The molecule has 2 aromatic carbocycles. The van der Waals surface area contributed by atoms with Crippen molar-refractivity contribution in [2.75, 3.05) is 45.2 Å². The van der Waals surface area contributed by atoms with Gasteiger partial charge >= 0.3 is 18.2 Å². The average molecular weight is 650 g/mol. The lowest BCUT2D eigenvalue weighted by atomic mass is 9.84. The Morgan fingerprint density at radius 1 is 1.02 bits per heavy atom. The maximum absolute atomic E-state index is 14.4. The molecule has 5 amide bonds. The summed E-state index contributed by atoms with van der Waals surface area (Å²) in [4.78, 5) is 71.2. The van der Waals surface area contributed by atoms with E-state index in [0.29, 0.717) is 30.4 Å². The lowest BCUT2D eigenvalue weighted by molar-refractivity contribution is -0.139. The molecule has 248 valence electrons. The second-order valence-corrected chi connectivity index (χ2v) is 12.0. The first kappa shape index (κ1) is 34.3. The largest absolute Gasteiger partial charge is 0.478 e. The number of benzene rings is 2. The van der Waals surface area contributed by atoms with Crippen LogP contribution in [-0.2, 0) is 15.8 Å². The molecule has 1 atom stereocenters. The molecule has 0 bridgehead atoms. The summed E-state index contributed by atoms with van der Waals surface area (Å²) in [5, 5.41) is 11.7. The number of piperidine rings is 1. The highest BCUT2D eigenvalue weighted by molar-refractivity contribution is 6.17. The monoisotopic (exact) mass is 649 g/mol. The van der Waals surface area contributed by atoms with Gasteiger partial charge in [-0.3, -0.25) is 24.2 Å². The Morgan fingerprint density at radius 3 is 2.15 bits per heavy atom. The molecule has 1 spiro atoms. The maximum Gasteiger partial charge on any atom is 0.416 e. The fraction of sp³-hybridized carbons (Fsp3) is 0.452. The van der Waals surface area contributed by atoms with Gasteiger partial charge in [0.05, 0.1) is 16.7 Å². The lowest BCUT2D eigenvalue weighted by Crippen LogP contribution is -2.60. The summed E-state index contributed by atoms with van der Waals surface area (Å²) in [6.07, 6.45) is -4.78. The number of carboxylic acid groups (broad SMARTS) is 1. The number of nitrogens with one attached hydrogen (secondary N) is 1. The highest BCUT2D eigenvalue weighted by atomic mass is 19.4. The van der Waals surface area contributed by atoms with Crippen LogP contribution in [0.3, 0.4) is 0 Å². The van der Waals surface area contributed by atoms with Crippen LogP contribution < -0.4 is 10.2 Å². The van der Waals surface area contributed by atoms with Crippen LogP contribution in [0.25, 0.3) is 0 Å². The average Bonchev–Trinajstić information content (AvgIpc) is 3.18. The molecule has 15 heteroatoms. The summed E-state index contributed by atoms with van der Waals surface area (Å²) < 4.78 is 54.0. The van der Waals surface area contributed by atoms with Crippen molar-refractivity contribution in [3.05, 3.63) is 65.0 Å². The van der Waals surface area contributed by atoms with Gasteiger partial charge in [-0.25, -0.2) is 14.0 Å². The minimum Gasteiger partial charge on any atom is -0.478 e. The minimum atomic E-state index is -4.81. The van der Waals surface area contributed by atoms with Crippen molar-refractivity contribution in [2.45, 2.75) is 44.4 Å². The Morgan fingerprint density at radius 2 is 1.63 bits per heavy atom. The number of carboxylic acids is 1. The molecular formula is C31H35F4N5O6. The summed E-state index contributed by atoms with van der Waals surface area (Å²) in [6, 6.07) is 5.18. The normalized spacial score (nSPS) is 17.3. The summed E-state index contributed by atoms with van der Waals surface area (Å²) in [5.74, 6) is -5.10. The Kier molecular flexibility index (Phi) is 9.75. The number of hydrogen-bond donors (Lipinski definition) is 2. The molecule has 1 unspecified atom stereocenters. The van der Waals surface area contributed by atoms with Crippen LogP contribution in [0.15, 0.2) is 42.5 Å². The van der Waals surface area contributed by atoms with Gasteiger partial charge in [0, 0.05) is 31.9 Å². The number of alkyl halides is 3. The zero-order chi connectivity index (χ0) is 34.1. The highest BCUT2D eigenvalue weighted by Gasteiger charge is 2.59. The van der Waals surface area contributed by atoms with Crippen LogP contribution in [0.4, 0.5) is 28.0 Å². The Labute approximate surface area is 262 Å². The first-order chi connectivity index (χ1) is 21.5. The SMILES string of the molecule is CC(C)C(NC(=O)c1cc(C(F)(F)F)ccc1F)C(=O)N1CCC2(CC1)C(=O)N(CCN(C)C)C(=O)N2c1ccc(C(=O)O)cc1. The van der Waals surface area contributed by atoms with Crippen molar-refractivity contribution in [1.82, 2.24) is 20.0 Å². The number of nitrogens with zero attached hydrogens (tertiary/aromatic N) is 4. The van der Waals surface area contributed by atoms with Crippen molar-refractivity contribution >= 4 is 35.4 Å². The zero-order valence-corrected chi connectivity index (χ0v) is 25.7. The molecule has 2 heterocycles. The number of urea groups is 1. The standard InChI is InChI=1S/C31H35F4N5O6/c1-18(2)24(36-25(41)22-17-20(31(33,34)35)7-10-23(22)32)26(42)38-13-11-30(12-14-38)28(45)39(16-15-37(3)4)29(46)40(30)21-8-5-19(6-9-21)27(43)44/h5-10,17-18,24H,11-16H2,1-4H3,(H,36,41)(H,43,44). The topological polar surface area (TPSA) is 131 Å². The van der Waals surface area contributed by atoms with Gasteiger partial charge in [0.2, 0.25) is 5.91 Å². The van der Waals surface area contributed by atoms with Gasteiger partial charge in [-0.15, -0.1) is 0 Å². The van der Waals surface area contributed by atoms with Crippen LogP contribution >= 0.6 is 0 Å². The number of halogens is 4. The van der Waals surface area contributed by atoms with Crippen molar-refractivity contribution in [3.8, 4) is 0 Å². The smallest absolute Gasteiger partial charge is 0.416 e. The Balaban J connectivity index is 1.57. The summed E-state index contributed by atoms with van der Waals surface area (Å²) in [7, 11) is 3.58. The van der Waals surface area contributed by atoms with E-state index < -0.39 is 70.3 Å². The third-order valence-corrected chi connectivity index (χ3v) is 8.30. The number of carbonyl (C=O) groups is 5. The number of carbonyl (C=O) groups excluding carboxylic acids is 4. The van der Waals surface area contributed by atoms with Gasteiger partial charge in [-0.2, -0.15) is 13.2 Å². The molecule has 4 rings (SSSR count). The molecule has 0 radical (unpaired) electrons. The molecule has 46 heavy (non-hydrogen) atoms. The maximum atomic E-state index is 14.4. The number of hydrogen-bond acceptors (Lipinski definition) is 6. The van der Waals surface area contributed by atoms with Crippen molar-refractivity contribution in [1.29, 1.82) is 0 Å². The minimum absolute atomic E-state index is 0.00700. The molecule has 0 aromatic heterocycles. The number of aromatic carboxylic acids is 1. The fourth-order valence-electron chi connectivity index (χ4n) is 5.68. The lowest BCUT2D eigenvalue weighted by Gasteiger charge is -2.43. The van der Waals surface area contributed by atoms with E-state index >= 15 is 0 Å². The van der Waals surface area contributed by atoms with Crippen LogP contribution in [0, 0.1) is 11.7 Å². The van der Waals surface area contributed by atoms with E-state index in [0.717, 1.165) is 4.90 Å². The van der Waals surface area contributed by atoms with Crippen LogP contribution in [0.1, 0.15) is 53.0 Å². The van der Waals surface area contributed by atoms with E-state index in [1.165, 1.54) is 34.1 Å². The molecule has 2 fully saturated rings. The van der Waals surface area contributed by atoms with Crippen LogP contribution in [0.5, 0.6) is 0 Å². The van der Waals surface area contributed by atoms with E-state index in [-0.39, 0.29) is 38.0 Å². The summed E-state index contributed by atoms with van der Waals surface area (Å²) >= 11 is 0. The molecule has 2 N–H and O–H groups in total. The number of likely N-dealkylation sites (tertiary alicyclic amines) is 1. The van der Waals surface area contributed by atoms with E-state index in [9.17, 15) is 46.6 Å². The molecule has 2 saturated heterocycles. The van der Waals surface area contributed by atoms with E-state index in [1.807, 2.05) is 4.90 Å². The van der Waals surface area contributed by atoms with E-state index in [1.54, 1.807) is 27.9 Å². The zero-order valence-electron chi connectivity index (χ0n) is 25.7. The number of anilines is 1. The molecule has 0 saturated carbocycles. The Hall–Kier alpha value is -4.53. The predicted molar refractivity (Wildman–Crippen MR) is 158 cm³/mol. The number of rotatable bonds is 9.